The molecule has 4 unspecified atom stereocenters. The molecule has 2 rings (SSSR count). The fourth-order valence-corrected chi connectivity index (χ4v) is 2.54. The third-order valence-electron chi connectivity index (χ3n) is 3.89. The van der Waals surface area contributed by atoms with E-state index in [4.69, 9.17) is 18.9 Å². The topological polar surface area (TPSA) is 71.1 Å². The predicted octanol–water partition coefficient (Wildman–Crippen LogP) is 2.50. The van der Waals surface area contributed by atoms with Crippen LogP contribution in [-0.2, 0) is 18.9 Å². The minimum atomic E-state index is -0.638. The van der Waals surface area contributed by atoms with Gasteiger partial charge in [-0.05, 0) is 12.8 Å². The molecule has 108 valence electrons. The highest BCUT2D eigenvalue weighted by atomic mass is 16.7. The van der Waals surface area contributed by atoms with Crippen LogP contribution in [0.4, 0.5) is 9.59 Å². The molecule has 2 fully saturated rings. The summed E-state index contributed by atoms with van der Waals surface area (Å²) in [6, 6.07) is 0. The number of hydrogen-bond donors (Lipinski definition) is 0. The third-order valence-corrected chi connectivity index (χ3v) is 3.89. The molecule has 0 aromatic heterocycles. The van der Waals surface area contributed by atoms with Crippen molar-refractivity contribution in [3.63, 3.8) is 0 Å². The summed E-state index contributed by atoms with van der Waals surface area (Å²) in [5, 5.41) is 0. The molecule has 0 N–H and O–H groups in total. The number of hydrogen-bond acceptors (Lipinski definition) is 6. The summed E-state index contributed by atoms with van der Waals surface area (Å²) in [6.07, 6.45) is 0.439. The van der Waals surface area contributed by atoms with Gasteiger partial charge in [0.25, 0.3) is 0 Å². The molecule has 4 atom stereocenters. The standard InChI is InChI=1S/C13H20O6/c1-3-8-6-16-12(14)18-10(8)5-11-9(4-2)7-17-13(15)19-11/h8-11H,3-7H2,1-2H3. The van der Waals surface area contributed by atoms with Crippen LogP contribution in [-0.4, -0.2) is 37.7 Å². The van der Waals surface area contributed by atoms with Gasteiger partial charge in [-0.3, -0.25) is 0 Å². The summed E-state index contributed by atoms with van der Waals surface area (Å²) in [4.78, 5) is 22.4. The lowest BCUT2D eigenvalue weighted by atomic mass is 9.89. The van der Waals surface area contributed by atoms with Crippen molar-refractivity contribution in [1.82, 2.24) is 0 Å². The van der Waals surface area contributed by atoms with E-state index in [1.165, 1.54) is 0 Å². The van der Waals surface area contributed by atoms with Gasteiger partial charge in [0.05, 0.1) is 0 Å². The molecular weight excluding hydrogens is 252 g/mol. The van der Waals surface area contributed by atoms with Crippen molar-refractivity contribution < 1.29 is 28.5 Å². The Balaban J connectivity index is 1.99. The molecule has 0 saturated carbocycles. The normalized spacial score (nSPS) is 34.8. The molecule has 0 spiro atoms. The molecule has 2 aliphatic rings. The van der Waals surface area contributed by atoms with E-state index in [0.717, 1.165) is 12.8 Å². The van der Waals surface area contributed by atoms with Gasteiger partial charge in [0.2, 0.25) is 0 Å². The first-order valence-electron chi connectivity index (χ1n) is 6.80. The van der Waals surface area contributed by atoms with E-state index >= 15 is 0 Å². The lowest BCUT2D eigenvalue weighted by molar-refractivity contribution is -0.106. The molecule has 6 heteroatoms. The van der Waals surface area contributed by atoms with Crippen molar-refractivity contribution in [1.29, 1.82) is 0 Å². The SMILES string of the molecule is CCC1COC(=O)OC1CC1OC(=O)OCC1CC. The summed E-state index contributed by atoms with van der Waals surface area (Å²) in [5.74, 6) is 0.300. The molecule has 2 heterocycles. The van der Waals surface area contributed by atoms with Crippen molar-refractivity contribution in [2.75, 3.05) is 13.2 Å². The monoisotopic (exact) mass is 272 g/mol. The second kappa shape index (κ2) is 6.12. The van der Waals surface area contributed by atoms with Crippen LogP contribution in [0.5, 0.6) is 0 Å². The third kappa shape index (κ3) is 3.30. The van der Waals surface area contributed by atoms with Crippen LogP contribution < -0.4 is 0 Å². The van der Waals surface area contributed by atoms with E-state index in [-0.39, 0.29) is 24.0 Å². The van der Waals surface area contributed by atoms with Crippen molar-refractivity contribution in [2.24, 2.45) is 11.8 Å². The maximum atomic E-state index is 11.2. The van der Waals surface area contributed by atoms with Gasteiger partial charge in [-0.1, -0.05) is 13.8 Å². The quantitative estimate of drug-likeness (QED) is 0.732. The number of cyclic esters (lactones) is 4. The summed E-state index contributed by atoms with van der Waals surface area (Å²) in [6.45, 7) is 4.78. The maximum absolute atomic E-state index is 11.2. The Labute approximate surface area is 112 Å². The highest BCUT2D eigenvalue weighted by Gasteiger charge is 2.38. The van der Waals surface area contributed by atoms with Crippen LogP contribution >= 0.6 is 0 Å². The Bertz CT molecular complexity index is 310. The van der Waals surface area contributed by atoms with E-state index in [0.29, 0.717) is 19.6 Å². The molecule has 6 nitrogen and oxygen atoms in total. The second-order valence-electron chi connectivity index (χ2n) is 5.01. The van der Waals surface area contributed by atoms with Crippen molar-refractivity contribution in [3.8, 4) is 0 Å². The summed E-state index contributed by atoms with van der Waals surface area (Å²) >= 11 is 0. The summed E-state index contributed by atoms with van der Waals surface area (Å²) in [5.41, 5.74) is 0. The van der Waals surface area contributed by atoms with Crippen LogP contribution in [0, 0.1) is 11.8 Å². The zero-order valence-corrected chi connectivity index (χ0v) is 11.3. The van der Waals surface area contributed by atoms with E-state index in [9.17, 15) is 9.59 Å². The summed E-state index contributed by atoms with van der Waals surface area (Å²) in [7, 11) is 0. The molecule has 19 heavy (non-hydrogen) atoms. The average molecular weight is 272 g/mol. The molecule has 0 aromatic rings. The fourth-order valence-electron chi connectivity index (χ4n) is 2.54. The Morgan fingerprint density at radius 3 is 1.68 bits per heavy atom. The second-order valence-corrected chi connectivity index (χ2v) is 5.01. The molecule has 2 aliphatic heterocycles. The van der Waals surface area contributed by atoms with Gasteiger partial charge in [-0.15, -0.1) is 0 Å². The number of rotatable bonds is 4. The van der Waals surface area contributed by atoms with Gasteiger partial charge in [0, 0.05) is 18.3 Å². The number of carbonyl (C=O) groups excluding carboxylic acids is 2. The van der Waals surface area contributed by atoms with E-state index in [1.807, 2.05) is 13.8 Å². The first-order valence-corrected chi connectivity index (χ1v) is 6.80. The van der Waals surface area contributed by atoms with Crippen LogP contribution in [0.15, 0.2) is 0 Å². The Morgan fingerprint density at radius 1 is 0.895 bits per heavy atom. The summed E-state index contributed by atoms with van der Waals surface area (Å²) < 4.78 is 20.2. The van der Waals surface area contributed by atoms with Crippen LogP contribution in [0.25, 0.3) is 0 Å². The smallest absolute Gasteiger partial charge is 0.434 e. The molecule has 0 aromatic carbocycles. The van der Waals surface area contributed by atoms with Crippen molar-refractivity contribution >= 4 is 12.3 Å². The Kier molecular flexibility index (Phi) is 4.50. The van der Waals surface area contributed by atoms with Gasteiger partial charge in [-0.25, -0.2) is 9.59 Å². The van der Waals surface area contributed by atoms with Crippen LogP contribution in [0.3, 0.4) is 0 Å². The molecule has 0 radical (unpaired) electrons. The van der Waals surface area contributed by atoms with E-state index in [2.05, 4.69) is 0 Å². The van der Waals surface area contributed by atoms with Crippen LogP contribution in [0.1, 0.15) is 33.1 Å². The minimum absolute atomic E-state index is 0.150. The van der Waals surface area contributed by atoms with Gasteiger partial charge in [-0.2, -0.15) is 0 Å². The van der Waals surface area contributed by atoms with Gasteiger partial charge < -0.3 is 18.9 Å². The van der Waals surface area contributed by atoms with Gasteiger partial charge in [0.1, 0.15) is 25.4 Å². The lowest BCUT2D eigenvalue weighted by Crippen LogP contribution is -2.44. The van der Waals surface area contributed by atoms with E-state index < -0.39 is 12.3 Å². The Hall–Kier alpha value is -1.46. The Morgan fingerprint density at radius 2 is 1.32 bits per heavy atom. The molecule has 0 bridgehead atoms. The zero-order valence-electron chi connectivity index (χ0n) is 11.3. The number of carbonyl (C=O) groups is 2. The lowest BCUT2D eigenvalue weighted by Gasteiger charge is -2.36. The highest BCUT2D eigenvalue weighted by molar-refractivity contribution is 5.61. The molecule has 2 saturated heterocycles. The largest absolute Gasteiger partial charge is 0.508 e. The number of ether oxygens (including phenoxy) is 4. The van der Waals surface area contributed by atoms with Crippen molar-refractivity contribution in [2.45, 2.75) is 45.3 Å². The first-order chi connectivity index (χ1) is 9.13. The van der Waals surface area contributed by atoms with E-state index in [1.54, 1.807) is 0 Å². The van der Waals surface area contributed by atoms with Gasteiger partial charge in [0.15, 0.2) is 0 Å². The minimum Gasteiger partial charge on any atom is -0.434 e. The highest BCUT2D eigenvalue weighted by Crippen LogP contribution is 2.29. The van der Waals surface area contributed by atoms with Crippen molar-refractivity contribution in [3.05, 3.63) is 0 Å². The van der Waals surface area contributed by atoms with Crippen LogP contribution in [0.2, 0.25) is 0 Å². The molecule has 0 aliphatic carbocycles. The zero-order chi connectivity index (χ0) is 13.8. The molecule has 0 amide bonds. The fraction of sp³-hybridized carbons (Fsp3) is 0.846. The first kappa shape index (κ1) is 14.0. The predicted molar refractivity (Wildman–Crippen MR) is 64.6 cm³/mol. The maximum Gasteiger partial charge on any atom is 0.508 e. The molecular formula is C13H20O6. The average Bonchev–Trinajstić information content (AvgIpc) is 2.39. The van der Waals surface area contributed by atoms with Gasteiger partial charge >= 0.3 is 12.3 Å².